The van der Waals surface area contributed by atoms with Crippen LogP contribution in [0.1, 0.15) is 36.8 Å². The number of nitrogens with zero attached hydrogens (tertiary/aromatic N) is 1. The van der Waals surface area contributed by atoms with Crippen molar-refractivity contribution in [2.24, 2.45) is 5.92 Å². The summed E-state index contributed by atoms with van der Waals surface area (Å²) in [6.45, 7) is 0.850. The van der Waals surface area contributed by atoms with Crippen molar-refractivity contribution in [1.29, 1.82) is 0 Å². The summed E-state index contributed by atoms with van der Waals surface area (Å²) in [5, 5.41) is 6.67. The molecular weight excluding hydrogens is 402 g/mol. The van der Waals surface area contributed by atoms with Crippen LogP contribution in [0.2, 0.25) is 0 Å². The molecule has 6 heteroatoms. The maximum atomic E-state index is 13.2. The molecule has 3 atom stereocenters. The number of carbonyl (C=O) groups excluding carboxylic acids is 2. The second-order valence-electron chi connectivity index (χ2n) is 8.54. The lowest BCUT2D eigenvalue weighted by Crippen LogP contribution is -2.65. The zero-order valence-electron chi connectivity index (χ0n) is 18.5. The molecule has 1 aliphatic carbocycles. The van der Waals surface area contributed by atoms with Crippen molar-refractivity contribution in [2.75, 3.05) is 13.7 Å². The molecule has 0 spiro atoms. The number of hydrogen-bond acceptors (Lipinski definition) is 4. The van der Waals surface area contributed by atoms with E-state index in [4.69, 9.17) is 4.74 Å². The molecule has 2 aromatic carbocycles. The lowest BCUT2D eigenvalue weighted by atomic mass is 9.82. The second-order valence-corrected chi connectivity index (χ2v) is 8.54. The molecule has 1 saturated carbocycles. The number of rotatable bonds is 7. The molecule has 2 aromatic rings. The quantitative estimate of drug-likeness (QED) is 0.657. The molecule has 1 saturated heterocycles. The Morgan fingerprint density at radius 1 is 1.09 bits per heavy atom. The normalized spacial score (nSPS) is 22.8. The van der Waals surface area contributed by atoms with Crippen LogP contribution in [0.3, 0.4) is 0 Å². The molecule has 2 amide bonds. The van der Waals surface area contributed by atoms with E-state index in [1.807, 2.05) is 60.7 Å². The van der Waals surface area contributed by atoms with Crippen LogP contribution in [0.4, 0.5) is 0 Å². The third-order valence-corrected chi connectivity index (χ3v) is 6.30. The van der Waals surface area contributed by atoms with Crippen LogP contribution in [0.25, 0.3) is 6.08 Å². The summed E-state index contributed by atoms with van der Waals surface area (Å²) < 4.78 is 5.24. The van der Waals surface area contributed by atoms with Gasteiger partial charge >= 0.3 is 0 Å². The van der Waals surface area contributed by atoms with Crippen molar-refractivity contribution in [3.8, 4) is 5.75 Å². The van der Waals surface area contributed by atoms with Gasteiger partial charge in [-0.05, 0) is 42.2 Å². The van der Waals surface area contributed by atoms with E-state index >= 15 is 0 Å². The number of methoxy groups -OCH3 is 1. The molecule has 1 heterocycles. The molecule has 0 bridgehead atoms. The Kier molecular flexibility index (Phi) is 7.22. The van der Waals surface area contributed by atoms with E-state index in [1.165, 1.54) is 0 Å². The summed E-state index contributed by atoms with van der Waals surface area (Å²) in [7, 11) is 1.63. The van der Waals surface area contributed by atoms with E-state index in [0.29, 0.717) is 13.1 Å². The molecule has 0 aromatic heterocycles. The van der Waals surface area contributed by atoms with Gasteiger partial charge in [0, 0.05) is 18.7 Å². The standard InChI is InChI=1S/C26H31N3O3/c1-32-21-14-11-20(12-15-21)17-29(25(30)16-13-19-7-3-2-4-8-19)18-24-27-23-10-6-5-9-22(23)26(31)28-24/h2-4,7-8,11-16,22-24,27H,5-6,9-10,17-18H2,1H3,(H,28,31)/b16-13+. The lowest BCUT2D eigenvalue weighted by molar-refractivity contribution is -0.133. The number of benzene rings is 2. The molecular formula is C26H31N3O3. The van der Waals surface area contributed by atoms with Crippen LogP contribution >= 0.6 is 0 Å². The summed E-state index contributed by atoms with van der Waals surface area (Å²) in [6, 6.07) is 17.7. The van der Waals surface area contributed by atoms with Crippen LogP contribution in [-0.4, -0.2) is 42.6 Å². The van der Waals surface area contributed by atoms with Crippen LogP contribution in [0, 0.1) is 5.92 Å². The smallest absolute Gasteiger partial charge is 0.246 e. The Morgan fingerprint density at radius 3 is 2.59 bits per heavy atom. The topological polar surface area (TPSA) is 70.7 Å². The molecule has 4 rings (SSSR count). The fraction of sp³-hybridized carbons (Fsp3) is 0.385. The van der Waals surface area contributed by atoms with E-state index < -0.39 is 0 Å². The highest BCUT2D eigenvalue weighted by molar-refractivity contribution is 5.92. The van der Waals surface area contributed by atoms with Gasteiger partial charge in [-0.25, -0.2) is 0 Å². The summed E-state index contributed by atoms with van der Waals surface area (Å²) >= 11 is 0. The average molecular weight is 434 g/mol. The first-order valence-electron chi connectivity index (χ1n) is 11.3. The van der Waals surface area contributed by atoms with Crippen molar-refractivity contribution < 1.29 is 14.3 Å². The minimum atomic E-state index is -0.255. The number of fused-ring (bicyclic) bond motifs is 1. The van der Waals surface area contributed by atoms with E-state index in [1.54, 1.807) is 18.1 Å². The summed E-state index contributed by atoms with van der Waals surface area (Å²) in [5.74, 6) is 0.838. The molecule has 2 fully saturated rings. The molecule has 6 nitrogen and oxygen atoms in total. The van der Waals surface area contributed by atoms with E-state index in [9.17, 15) is 9.59 Å². The second kappa shape index (κ2) is 10.5. The van der Waals surface area contributed by atoms with Gasteiger partial charge < -0.3 is 15.0 Å². The van der Waals surface area contributed by atoms with Crippen LogP contribution < -0.4 is 15.4 Å². The van der Waals surface area contributed by atoms with Crippen molar-refractivity contribution in [2.45, 2.75) is 44.4 Å². The van der Waals surface area contributed by atoms with Gasteiger partial charge in [0.05, 0.1) is 25.7 Å². The first-order chi connectivity index (χ1) is 15.6. The monoisotopic (exact) mass is 433 g/mol. The molecule has 2 aliphatic rings. The van der Waals surface area contributed by atoms with E-state index in [2.05, 4.69) is 10.6 Å². The average Bonchev–Trinajstić information content (AvgIpc) is 2.83. The highest BCUT2D eigenvalue weighted by Gasteiger charge is 2.38. The highest BCUT2D eigenvalue weighted by atomic mass is 16.5. The van der Waals surface area contributed by atoms with E-state index in [-0.39, 0.29) is 29.9 Å². The minimum absolute atomic E-state index is 0.0451. The largest absolute Gasteiger partial charge is 0.497 e. The third-order valence-electron chi connectivity index (χ3n) is 6.30. The summed E-state index contributed by atoms with van der Waals surface area (Å²) in [6.07, 6.45) is 7.37. The van der Waals surface area contributed by atoms with Gasteiger partial charge in [0.1, 0.15) is 5.75 Å². The van der Waals surface area contributed by atoms with Gasteiger partial charge in [-0.3, -0.25) is 14.9 Å². The fourth-order valence-corrected chi connectivity index (χ4v) is 4.56. The summed E-state index contributed by atoms with van der Waals surface area (Å²) in [4.78, 5) is 27.6. The predicted octanol–water partition coefficient (Wildman–Crippen LogP) is 3.34. The first-order valence-corrected chi connectivity index (χ1v) is 11.3. The first kappa shape index (κ1) is 22.1. The molecule has 168 valence electrons. The number of hydrogen-bond donors (Lipinski definition) is 2. The van der Waals surface area contributed by atoms with Gasteiger partial charge in [0.25, 0.3) is 0 Å². The van der Waals surface area contributed by atoms with Crippen molar-refractivity contribution in [3.63, 3.8) is 0 Å². The Labute approximate surface area is 189 Å². The maximum absolute atomic E-state index is 13.2. The Bertz CT molecular complexity index is 943. The predicted molar refractivity (Wildman–Crippen MR) is 125 cm³/mol. The van der Waals surface area contributed by atoms with Gasteiger partial charge in [0.15, 0.2) is 0 Å². The molecule has 0 radical (unpaired) electrons. The number of carbonyl (C=O) groups is 2. The van der Waals surface area contributed by atoms with Crippen LogP contribution in [-0.2, 0) is 16.1 Å². The van der Waals surface area contributed by atoms with Gasteiger partial charge in [-0.1, -0.05) is 55.3 Å². The molecule has 3 unspecified atom stereocenters. The Hall–Kier alpha value is -3.12. The molecule has 32 heavy (non-hydrogen) atoms. The van der Waals surface area contributed by atoms with Gasteiger partial charge in [-0.2, -0.15) is 0 Å². The molecule has 1 aliphatic heterocycles. The van der Waals surface area contributed by atoms with Gasteiger partial charge in [-0.15, -0.1) is 0 Å². The maximum Gasteiger partial charge on any atom is 0.246 e. The molecule has 2 N–H and O–H groups in total. The minimum Gasteiger partial charge on any atom is -0.497 e. The Morgan fingerprint density at radius 2 is 1.84 bits per heavy atom. The number of nitrogens with one attached hydrogen (secondary N) is 2. The fourth-order valence-electron chi connectivity index (χ4n) is 4.56. The highest BCUT2D eigenvalue weighted by Crippen LogP contribution is 2.27. The number of amides is 2. The zero-order chi connectivity index (χ0) is 22.3. The van der Waals surface area contributed by atoms with Crippen molar-refractivity contribution in [1.82, 2.24) is 15.5 Å². The zero-order valence-corrected chi connectivity index (χ0v) is 18.5. The third kappa shape index (κ3) is 5.56. The van der Waals surface area contributed by atoms with Crippen molar-refractivity contribution >= 4 is 17.9 Å². The summed E-state index contributed by atoms with van der Waals surface area (Å²) in [5.41, 5.74) is 1.98. The Balaban J connectivity index is 1.49. The van der Waals surface area contributed by atoms with Gasteiger partial charge in [0.2, 0.25) is 11.8 Å². The van der Waals surface area contributed by atoms with E-state index in [0.717, 1.165) is 42.6 Å². The van der Waals surface area contributed by atoms with Crippen LogP contribution in [0.5, 0.6) is 5.75 Å². The SMILES string of the molecule is COc1ccc(CN(CC2NC(=O)C3CCCCC3N2)C(=O)/C=C/c2ccccc2)cc1. The van der Waals surface area contributed by atoms with Crippen molar-refractivity contribution in [3.05, 3.63) is 71.8 Å². The lowest BCUT2D eigenvalue weighted by Gasteiger charge is -2.41. The number of ether oxygens (including phenoxy) is 1. The van der Waals surface area contributed by atoms with Crippen LogP contribution in [0.15, 0.2) is 60.7 Å².